The average molecular weight is 289 g/mol. The molecule has 0 unspecified atom stereocenters. The summed E-state index contributed by atoms with van der Waals surface area (Å²) in [4.78, 5) is 11.9. The van der Waals surface area contributed by atoms with Gasteiger partial charge in [-0.15, -0.1) is 10.2 Å². The molecule has 1 aromatic heterocycles. The monoisotopic (exact) mass is 289 g/mol. The molecule has 1 amide bonds. The van der Waals surface area contributed by atoms with Crippen LogP contribution in [0.2, 0.25) is 0 Å². The fourth-order valence-electron chi connectivity index (χ4n) is 1.83. The van der Waals surface area contributed by atoms with Crippen molar-refractivity contribution in [3.05, 3.63) is 48.2 Å². The summed E-state index contributed by atoms with van der Waals surface area (Å²) < 4.78 is 10.5. The van der Waals surface area contributed by atoms with Crippen LogP contribution in [-0.4, -0.2) is 21.9 Å². The Morgan fingerprint density at radius 1 is 1.33 bits per heavy atom. The van der Waals surface area contributed by atoms with Gasteiger partial charge >= 0.3 is 6.09 Å². The lowest BCUT2D eigenvalue weighted by Crippen LogP contribution is -2.36. The van der Waals surface area contributed by atoms with Gasteiger partial charge in [0.2, 0.25) is 12.3 Å². The molecule has 1 atom stereocenters. The lowest BCUT2D eigenvalue weighted by Gasteiger charge is -2.22. The number of rotatable bonds is 4. The third-order valence-electron chi connectivity index (χ3n) is 2.65. The van der Waals surface area contributed by atoms with Crippen LogP contribution in [0.5, 0.6) is 0 Å². The Bertz CT molecular complexity index is 562. The molecule has 0 saturated heterocycles. The number of aromatic nitrogens is 2. The van der Waals surface area contributed by atoms with Crippen LogP contribution in [0.15, 0.2) is 41.1 Å². The van der Waals surface area contributed by atoms with Gasteiger partial charge in [-0.3, -0.25) is 0 Å². The molecule has 1 heterocycles. The fraction of sp³-hybridized carbons (Fsp3) is 0.400. The Morgan fingerprint density at radius 2 is 2.05 bits per heavy atom. The predicted molar refractivity (Wildman–Crippen MR) is 76.6 cm³/mol. The average Bonchev–Trinajstić information content (AvgIpc) is 2.90. The molecule has 6 nitrogen and oxygen atoms in total. The van der Waals surface area contributed by atoms with Gasteiger partial charge in [0.25, 0.3) is 0 Å². The molecule has 0 saturated carbocycles. The third-order valence-corrected chi connectivity index (χ3v) is 2.65. The molecule has 1 N–H and O–H groups in total. The second-order valence-corrected chi connectivity index (χ2v) is 5.67. The minimum Gasteiger partial charge on any atom is -0.444 e. The number of carbonyl (C=O) groups is 1. The molecular weight excluding hydrogens is 270 g/mol. The summed E-state index contributed by atoms with van der Waals surface area (Å²) in [6.07, 6.45) is 1.27. The van der Waals surface area contributed by atoms with E-state index in [4.69, 9.17) is 9.15 Å². The second kappa shape index (κ2) is 6.39. The first-order valence-corrected chi connectivity index (χ1v) is 6.73. The van der Waals surface area contributed by atoms with Crippen LogP contribution in [0.4, 0.5) is 4.79 Å². The normalized spacial score (nSPS) is 12.7. The van der Waals surface area contributed by atoms with E-state index >= 15 is 0 Å². The van der Waals surface area contributed by atoms with Crippen molar-refractivity contribution in [2.45, 2.75) is 38.8 Å². The van der Waals surface area contributed by atoms with E-state index in [-0.39, 0.29) is 0 Å². The number of amides is 1. The number of nitrogens with zero attached hydrogens (tertiary/aromatic N) is 2. The van der Waals surface area contributed by atoms with Gasteiger partial charge in [0.05, 0.1) is 0 Å². The molecule has 21 heavy (non-hydrogen) atoms. The molecule has 6 heteroatoms. The fourth-order valence-corrected chi connectivity index (χ4v) is 1.83. The Hall–Kier alpha value is -2.37. The molecule has 2 rings (SSSR count). The number of hydrogen-bond donors (Lipinski definition) is 1. The standard InChI is InChI=1S/C15H19N3O3/c1-15(2,3)21-14(19)17-12(13-18-16-10-20-13)9-11-7-5-4-6-8-11/h4-8,10,12H,9H2,1-3H3,(H,17,19)/t12-/m0/s1. The molecule has 0 spiro atoms. The number of nitrogens with one attached hydrogen (secondary N) is 1. The first-order valence-electron chi connectivity index (χ1n) is 6.73. The maximum absolute atomic E-state index is 11.9. The van der Waals surface area contributed by atoms with Gasteiger partial charge in [-0.25, -0.2) is 4.79 Å². The molecule has 0 bridgehead atoms. The van der Waals surface area contributed by atoms with Gasteiger partial charge in [-0.1, -0.05) is 30.3 Å². The van der Waals surface area contributed by atoms with Crippen molar-refractivity contribution < 1.29 is 13.9 Å². The van der Waals surface area contributed by atoms with Crippen molar-refractivity contribution in [2.24, 2.45) is 0 Å². The van der Waals surface area contributed by atoms with Crippen LogP contribution in [0.3, 0.4) is 0 Å². The molecule has 0 fully saturated rings. The van der Waals surface area contributed by atoms with E-state index in [0.29, 0.717) is 12.3 Å². The smallest absolute Gasteiger partial charge is 0.408 e. The van der Waals surface area contributed by atoms with Crippen LogP contribution >= 0.6 is 0 Å². The molecule has 0 aliphatic heterocycles. The molecule has 2 aromatic rings. The van der Waals surface area contributed by atoms with Gasteiger partial charge in [-0.2, -0.15) is 0 Å². The zero-order valence-corrected chi connectivity index (χ0v) is 12.4. The summed E-state index contributed by atoms with van der Waals surface area (Å²) in [5.41, 5.74) is 0.493. The number of alkyl carbamates (subject to hydrolysis) is 1. The van der Waals surface area contributed by atoms with Gasteiger partial charge in [0.1, 0.15) is 11.6 Å². The summed E-state index contributed by atoms with van der Waals surface area (Å²) in [5.74, 6) is 0.352. The van der Waals surface area contributed by atoms with Crippen LogP contribution in [-0.2, 0) is 11.2 Å². The summed E-state index contributed by atoms with van der Waals surface area (Å²) in [6.45, 7) is 5.43. The largest absolute Gasteiger partial charge is 0.444 e. The second-order valence-electron chi connectivity index (χ2n) is 5.67. The number of carbonyl (C=O) groups excluding carboxylic acids is 1. The Kier molecular flexibility index (Phi) is 4.57. The molecule has 112 valence electrons. The van der Waals surface area contributed by atoms with Crippen LogP contribution in [0.1, 0.15) is 38.3 Å². The maximum atomic E-state index is 11.9. The lowest BCUT2D eigenvalue weighted by molar-refractivity contribution is 0.0495. The lowest BCUT2D eigenvalue weighted by atomic mass is 10.1. The SMILES string of the molecule is CC(C)(C)OC(=O)N[C@@H](Cc1ccccc1)c1nnco1. The molecule has 0 aliphatic rings. The van der Waals surface area contributed by atoms with E-state index in [1.165, 1.54) is 6.39 Å². The van der Waals surface area contributed by atoms with E-state index in [0.717, 1.165) is 5.56 Å². The van der Waals surface area contributed by atoms with Gasteiger partial charge in [0, 0.05) is 6.42 Å². The molecule has 1 aromatic carbocycles. The van der Waals surface area contributed by atoms with E-state index in [1.807, 2.05) is 51.1 Å². The summed E-state index contributed by atoms with van der Waals surface area (Å²) in [7, 11) is 0. The first kappa shape index (κ1) is 15.0. The highest BCUT2D eigenvalue weighted by atomic mass is 16.6. The quantitative estimate of drug-likeness (QED) is 0.936. The highest BCUT2D eigenvalue weighted by molar-refractivity contribution is 5.68. The first-order chi connectivity index (χ1) is 9.94. The third kappa shape index (κ3) is 4.91. The van der Waals surface area contributed by atoms with Crippen LogP contribution < -0.4 is 5.32 Å². The van der Waals surface area contributed by atoms with Crippen molar-refractivity contribution in [3.8, 4) is 0 Å². The van der Waals surface area contributed by atoms with Gasteiger partial charge < -0.3 is 14.5 Å². The van der Waals surface area contributed by atoms with Crippen molar-refractivity contribution in [1.82, 2.24) is 15.5 Å². The highest BCUT2D eigenvalue weighted by Gasteiger charge is 2.23. The summed E-state index contributed by atoms with van der Waals surface area (Å²) in [6, 6.07) is 9.33. The van der Waals surface area contributed by atoms with Crippen molar-refractivity contribution >= 4 is 6.09 Å². The van der Waals surface area contributed by atoms with Crippen LogP contribution in [0.25, 0.3) is 0 Å². The Morgan fingerprint density at radius 3 is 2.62 bits per heavy atom. The topological polar surface area (TPSA) is 77.2 Å². The highest BCUT2D eigenvalue weighted by Crippen LogP contribution is 2.17. The van der Waals surface area contributed by atoms with E-state index in [1.54, 1.807) is 0 Å². The minimum absolute atomic E-state index is 0.352. The zero-order chi connectivity index (χ0) is 15.3. The number of ether oxygens (including phenoxy) is 1. The molecule has 0 aliphatic carbocycles. The van der Waals surface area contributed by atoms with E-state index in [9.17, 15) is 4.79 Å². The van der Waals surface area contributed by atoms with E-state index < -0.39 is 17.7 Å². The van der Waals surface area contributed by atoms with Gasteiger partial charge in [0.15, 0.2) is 0 Å². The molecular formula is C15H19N3O3. The van der Waals surface area contributed by atoms with Crippen molar-refractivity contribution in [2.75, 3.05) is 0 Å². The van der Waals surface area contributed by atoms with Gasteiger partial charge in [-0.05, 0) is 26.3 Å². The zero-order valence-electron chi connectivity index (χ0n) is 12.4. The molecule has 0 radical (unpaired) electrons. The Balaban J connectivity index is 2.08. The predicted octanol–water partition coefficient (Wildman–Crippen LogP) is 2.88. The van der Waals surface area contributed by atoms with Crippen molar-refractivity contribution in [1.29, 1.82) is 0 Å². The van der Waals surface area contributed by atoms with Crippen molar-refractivity contribution in [3.63, 3.8) is 0 Å². The van der Waals surface area contributed by atoms with E-state index in [2.05, 4.69) is 15.5 Å². The number of benzene rings is 1. The summed E-state index contributed by atoms with van der Waals surface area (Å²) >= 11 is 0. The van der Waals surface area contributed by atoms with Crippen LogP contribution in [0, 0.1) is 0 Å². The summed E-state index contributed by atoms with van der Waals surface area (Å²) in [5, 5.41) is 10.3. The number of hydrogen-bond acceptors (Lipinski definition) is 5. The Labute approximate surface area is 123 Å². The maximum Gasteiger partial charge on any atom is 0.408 e. The minimum atomic E-state index is -0.559.